The van der Waals surface area contributed by atoms with Gasteiger partial charge in [-0.05, 0) is 56.1 Å². The zero-order valence-corrected chi connectivity index (χ0v) is 14.7. The molecule has 0 spiro atoms. The van der Waals surface area contributed by atoms with Crippen LogP contribution in [-0.4, -0.2) is 51.4 Å². The van der Waals surface area contributed by atoms with Gasteiger partial charge in [0.1, 0.15) is 9.77 Å². The van der Waals surface area contributed by atoms with Crippen LogP contribution >= 0.6 is 11.3 Å². The highest BCUT2D eigenvalue weighted by atomic mass is 32.2. The Hall–Kier alpha value is -0.960. The molecule has 0 radical (unpaired) electrons. The highest BCUT2D eigenvalue weighted by Crippen LogP contribution is 2.27. The second kappa shape index (κ2) is 7.29. The average molecular weight is 358 g/mol. The van der Waals surface area contributed by atoms with Crippen molar-refractivity contribution >= 4 is 27.3 Å². The van der Waals surface area contributed by atoms with Crippen molar-refractivity contribution in [3.8, 4) is 0 Å². The van der Waals surface area contributed by atoms with Crippen molar-refractivity contribution < 1.29 is 13.2 Å². The number of sulfonamides is 1. The number of thiophene rings is 1. The minimum Gasteiger partial charge on any atom is -0.351 e. The second-order valence-corrected chi connectivity index (χ2v) is 8.95. The van der Waals surface area contributed by atoms with Gasteiger partial charge in [0, 0.05) is 19.6 Å². The van der Waals surface area contributed by atoms with E-state index in [1.165, 1.54) is 15.6 Å². The van der Waals surface area contributed by atoms with Gasteiger partial charge in [-0.15, -0.1) is 11.3 Å². The van der Waals surface area contributed by atoms with Gasteiger partial charge < -0.3 is 10.6 Å². The predicted molar refractivity (Wildman–Crippen MR) is 90.2 cm³/mol. The summed E-state index contributed by atoms with van der Waals surface area (Å²) in [6.07, 6.45) is 3.85. The summed E-state index contributed by atoms with van der Waals surface area (Å²) < 4.78 is 26.8. The summed E-state index contributed by atoms with van der Waals surface area (Å²) in [7, 11) is -3.54. The first-order valence-corrected chi connectivity index (χ1v) is 10.5. The monoisotopic (exact) mass is 357 g/mol. The van der Waals surface area contributed by atoms with Crippen LogP contribution in [0.1, 0.15) is 35.4 Å². The van der Waals surface area contributed by atoms with E-state index in [1.54, 1.807) is 11.4 Å². The van der Waals surface area contributed by atoms with Crippen molar-refractivity contribution in [2.45, 2.75) is 30.6 Å². The van der Waals surface area contributed by atoms with Gasteiger partial charge in [0.25, 0.3) is 5.91 Å². The summed E-state index contributed by atoms with van der Waals surface area (Å²) in [5.41, 5.74) is 0. The molecule has 1 aromatic rings. The van der Waals surface area contributed by atoms with Crippen LogP contribution in [0, 0.1) is 5.92 Å². The minimum absolute atomic E-state index is 0.157. The Bertz CT molecular complexity index is 645. The van der Waals surface area contributed by atoms with Gasteiger partial charge in [0.2, 0.25) is 10.0 Å². The second-order valence-electron chi connectivity index (χ2n) is 6.13. The maximum Gasteiger partial charge on any atom is 0.262 e. The lowest BCUT2D eigenvalue weighted by atomic mass is 10.1. The van der Waals surface area contributed by atoms with Gasteiger partial charge in [-0.2, -0.15) is 4.31 Å². The lowest BCUT2D eigenvalue weighted by molar-refractivity contribution is 0.0952. The van der Waals surface area contributed by atoms with Gasteiger partial charge in [-0.1, -0.05) is 0 Å². The number of amides is 1. The highest BCUT2D eigenvalue weighted by molar-refractivity contribution is 7.89. The summed E-state index contributed by atoms with van der Waals surface area (Å²) >= 11 is 1.20. The third kappa shape index (κ3) is 3.76. The maximum atomic E-state index is 12.6. The summed E-state index contributed by atoms with van der Waals surface area (Å²) in [6, 6.07) is 1.55. The van der Waals surface area contributed by atoms with E-state index in [9.17, 15) is 13.2 Å². The first-order valence-electron chi connectivity index (χ1n) is 8.15. The van der Waals surface area contributed by atoms with Crippen molar-refractivity contribution in [2.75, 3.05) is 32.7 Å². The van der Waals surface area contributed by atoms with Crippen LogP contribution in [0.5, 0.6) is 0 Å². The van der Waals surface area contributed by atoms with Crippen LogP contribution in [0.15, 0.2) is 16.3 Å². The number of nitrogens with zero attached hydrogens (tertiary/aromatic N) is 1. The number of carbonyl (C=O) groups excluding carboxylic acids is 1. The zero-order valence-electron chi connectivity index (χ0n) is 13.1. The maximum absolute atomic E-state index is 12.6. The van der Waals surface area contributed by atoms with Gasteiger partial charge in [0.15, 0.2) is 0 Å². The van der Waals surface area contributed by atoms with Gasteiger partial charge in [0.05, 0.1) is 0 Å². The fourth-order valence-electron chi connectivity index (χ4n) is 3.16. The fraction of sp³-hybridized carbons (Fsp3) is 0.667. The van der Waals surface area contributed by atoms with E-state index in [2.05, 4.69) is 10.6 Å². The largest absolute Gasteiger partial charge is 0.351 e. The van der Waals surface area contributed by atoms with E-state index in [4.69, 9.17) is 0 Å². The molecule has 23 heavy (non-hydrogen) atoms. The number of hydrogen-bond acceptors (Lipinski definition) is 5. The van der Waals surface area contributed by atoms with Crippen LogP contribution in [0.3, 0.4) is 0 Å². The van der Waals surface area contributed by atoms with Crippen LogP contribution in [0.25, 0.3) is 0 Å². The third-order valence-corrected chi connectivity index (χ3v) is 7.50. The summed E-state index contributed by atoms with van der Waals surface area (Å²) in [6.45, 7) is 3.74. The van der Waals surface area contributed by atoms with E-state index >= 15 is 0 Å². The van der Waals surface area contributed by atoms with Crippen LogP contribution in [0.2, 0.25) is 0 Å². The van der Waals surface area contributed by atoms with Crippen molar-refractivity contribution in [2.24, 2.45) is 5.92 Å². The highest BCUT2D eigenvalue weighted by Gasteiger charge is 2.31. The van der Waals surface area contributed by atoms with Crippen molar-refractivity contribution in [1.29, 1.82) is 0 Å². The summed E-state index contributed by atoms with van der Waals surface area (Å²) in [5.74, 6) is 0.329. The molecule has 0 bridgehead atoms. The lowest BCUT2D eigenvalue weighted by Crippen LogP contribution is -2.31. The fourth-order valence-corrected chi connectivity index (χ4v) is 6.00. The molecule has 3 rings (SSSR count). The molecule has 1 unspecified atom stereocenters. The molecule has 1 amide bonds. The topological polar surface area (TPSA) is 78.5 Å². The number of rotatable bonds is 6. The first kappa shape index (κ1) is 16.9. The predicted octanol–water partition coefficient (Wildman–Crippen LogP) is 1.26. The Balaban J connectivity index is 1.63. The van der Waals surface area contributed by atoms with Crippen LogP contribution in [-0.2, 0) is 10.0 Å². The Morgan fingerprint density at radius 2 is 2.17 bits per heavy atom. The number of hydrogen-bond donors (Lipinski definition) is 2. The van der Waals surface area contributed by atoms with Crippen LogP contribution < -0.4 is 10.6 Å². The van der Waals surface area contributed by atoms with E-state index in [0.717, 1.165) is 38.8 Å². The number of carbonyl (C=O) groups is 1. The van der Waals surface area contributed by atoms with Crippen molar-refractivity contribution in [3.63, 3.8) is 0 Å². The molecule has 3 heterocycles. The van der Waals surface area contributed by atoms with E-state index in [1.807, 2.05) is 0 Å². The van der Waals surface area contributed by atoms with Crippen molar-refractivity contribution in [1.82, 2.24) is 14.9 Å². The Kier molecular flexibility index (Phi) is 5.35. The van der Waals surface area contributed by atoms with E-state index in [0.29, 0.717) is 30.4 Å². The quantitative estimate of drug-likeness (QED) is 0.803. The smallest absolute Gasteiger partial charge is 0.262 e. The molecule has 8 heteroatoms. The van der Waals surface area contributed by atoms with Gasteiger partial charge >= 0.3 is 0 Å². The Labute approximate surface area is 141 Å². The molecule has 1 atom stereocenters. The summed E-state index contributed by atoms with van der Waals surface area (Å²) in [5, 5.41) is 7.86. The molecule has 6 nitrogen and oxygen atoms in total. The molecule has 2 aliphatic heterocycles. The third-order valence-electron chi connectivity index (χ3n) is 4.52. The normalized spacial score (nSPS) is 22.5. The molecule has 128 valence electrons. The molecule has 0 saturated carbocycles. The van der Waals surface area contributed by atoms with Crippen LogP contribution in [0.4, 0.5) is 0 Å². The molecule has 2 N–H and O–H groups in total. The standard InChI is InChI=1S/C15H23N3O3S2/c19-15(17-7-4-12-3-6-16-11-12)14-13(5-10-22-14)23(20,21)18-8-1-2-9-18/h5,10,12,16H,1-4,6-9,11H2,(H,17,19). The van der Waals surface area contributed by atoms with Crippen molar-refractivity contribution in [3.05, 3.63) is 16.3 Å². The molecular formula is C15H23N3O3S2. The molecule has 0 aliphatic carbocycles. The molecule has 2 aliphatic rings. The SMILES string of the molecule is O=C(NCCC1CCNC1)c1sccc1S(=O)(=O)N1CCCC1. The van der Waals surface area contributed by atoms with Gasteiger partial charge in [-0.3, -0.25) is 4.79 Å². The summed E-state index contributed by atoms with van der Waals surface area (Å²) in [4.78, 5) is 12.8. The minimum atomic E-state index is -3.54. The Morgan fingerprint density at radius 1 is 1.39 bits per heavy atom. The molecule has 2 saturated heterocycles. The number of nitrogens with one attached hydrogen (secondary N) is 2. The molecule has 0 aromatic carbocycles. The average Bonchev–Trinajstić information content (AvgIpc) is 3.27. The Morgan fingerprint density at radius 3 is 2.87 bits per heavy atom. The first-order chi connectivity index (χ1) is 11.1. The zero-order chi connectivity index (χ0) is 16.3. The lowest BCUT2D eigenvalue weighted by Gasteiger charge is -2.16. The van der Waals surface area contributed by atoms with Gasteiger partial charge in [-0.25, -0.2) is 8.42 Å². The van der Waals surface area contributed by atoms with E-state index in [-0.39, 0.29) is 10.8 Å². The molecular weight excluding hydrogens is 334 g/mol. The van der Waals surface area contributed by atoms with E-state index < -0.39 is 10.0 Å². The molecule has 2 fully saturated rings. The molecule has 1 aromatic heterocycles.